The van der Waals surface area contributed by atoms with Gasteiger partial charge in [0.1, 0.15) is 0 Å². The van der Waals surface area contributed by atoms with Crippen molar-refractivity contribution < 1.29 is 0 Å². The van der Waals surface area contributed by atoms with Crippen LogP contribution in [0.5, 0.6) is 0 Å². The average Bonchev–Trinajstić information content (AvgIpc) is 2.88. The SMILES string of the molecule is CCNC(CCc1ccsc1)c1ccccc1I. The molecule has 0 bridgehead atoms. The van der Waals surface area contributed by atoms with Gasteiger partial charge in [0.05, 0.1) is 0 Å². The molecule has 1 aromatic carbocycles. The molecule has 1 N–H and O–H groups in total. The van der Waals surface area contributed by atoms with E-state index in [0.29, 0.717) is 6.04 Å². The van der Waals surface area contributed by atoms with Gasteiger partial charge >= 0.3 is 0 Å². The van der Waals surface area contributed by atoms with Gasteiger partial charge in [-0.2, -0.15) is 11.3 Å². The minimum Gasteiger partial charge on any atom is -0.310 e. The molecule has 18 heavy (non-hydrogen) atoms. The van der Waals surface area contributed by atoms with Gasteiger partial charge in [0.15, 0.2) is 0 Å². The molecule has 0 aliphatic carbocycles. The largest absolute Gasteiger partial charge is 0.310 e. The van der Waals surface area contributed by atoms with E-state index >= 15 is 0 Å². The number of thiophene rings is 1. The van der Waals surface area contributed by atoms with E-state index in [9.17, 15) is 0 Å². The number of rotatable bonds is 6. The lowest BCUT2D eigenvalue weighted by Gasteiger charge is -2.19. The van der Waals surface area contributed by atoms with Gasteiger partial charge in [0.25, 0.3) is 0 Å². The molecule has 0 saturated heterocycles. The summed E-state index contributed by atoms with van der Waals surface area (Å²) in [5, 5.41) is 8.01. The van der Waals surface area contributed by atoms with E-state index in [-0.39, 0.29) is 0 Å². The topological polar surface area (TPSA) is 12.0 Å². The fourth-order valence-corrected chi connectivity index (χ4v) is 3.58. The standard InChI is InChI=1S/C15H18INS/c1-2-17-15(8-7-12-9-10-18-11-12)13-5-3-4-6-14(13)16/h3-6,9-11,15,17H,2,7-8H2,1H3. The maximum absolute atomic E-state index is 3.60. The Morgan fingerprint density at radius 1 is 1.28 bits per heavy atom. The molecule has 1 heterocycles. The van der Waals surface area contributed by atoms with Gasteiger partial charge in [-0.1, -0.05) is 25.1 Å². The van der Waals surface area contributed by atoms with Gasteiger partial charge in [-0.25, -0.2) is 0 Å². The Balaban J connectivity index is 2.06. The molecule has 2 aromatic rings. The summed E-state index contributed by atoms with van der Waals surface area (Å²) in [6.07, 6.45) is 2.30. The lowest BCUT2D eigenvalue weighted by molar-refractivity contribution is 0.514. The quantitative estimate of drug-likeness (QED) is 0.730. The minimum absolute atomic E-state index is 0.461. The van der Waals surface area contributed by atoms with Crippen LogP contribution in [-0.2, 0) is 6.42 Å². The highest BCUT2D eigenvalue weighted by Gasteiger charge is 2.12. The molecular formula is C15H18INS. The molecule has 0 amide bonds. The summed E-state index contributed by atoms with van der Waals surface area (Å²) in [5.41, 5.74) is 2.88. The average molecular weight is 371 g/mol. The Labute approximate surface area is 127 Å². The smallest absolute Gasteiger partial charge is 0.0333 e. The van der Waals surface area contributed by atoms with Crippen molar-refractivity contribution in [1.82, 2.24) is 5.32 Å². The van der Waals surface area contributed by atoms with E-state index in [1.807, 2.05) is 0 Å². The predicted molar refractivity (Wildman–Crippen MR) is 88.2 cm³/mol. The van der Waals surface area contributed by atoms with Crippen molar-refractivity contribution in [3.8, 4) is 0 Å². The number of benzene rings is 1. The van der Waals surface area contributed by atoms with Crippen LogP contribution in [0.1, 0.15) is 30.5 Å². The van der Waals surface area contributed by atoms with E-state index in [2.05, 4.69) is 75.9 Å². The summed E-state index contributed by atoms with van der Waals surface area (Å²) in [4.78, 5) is 0. The van der Waals surface area contributed by atoms with Crippen LogP contribution < -0.4 is 5.32 Å². The summed E-state index contributed by atoms with van der Waals surface area (Å²) in [7, 11) is 0. The van der Waals surface area contributed by atoms with Crippen LogP contribution in [0, 0.1) is 3.57 Å². The van der Waals surface area contributed by atoms with Crippen molar-refractivity contribution >= 4 is 33.9 Å². The Morgan fingerprint density at radius 3 is 2.78 bits per heavy atom. The molecule has 0 radical (unpaired) electrons. The van der Waals surface area contributed by atoms with Crippen molar-refractivity contribution in [3.05, 3.63) is 55.8 Å². The molecule has 0 aliphatic rings. The zero-order valence-electron chi connectivity index (χ0n) is 10.5. The molecule has 1 nitrogen and oxygen atoms in total. The normalized spacial score (nSPS) is 12.6. The minimum atomic E-state index is 0.461. The Bertz CT molecular complexity index is 467. The molecule has 3 heteroatoms. The second-order valence-corrected chi connectivity index (χ2v) is 6.24. The second-order valence-electron chi connectivity index (χ2n) is 4.30. The number of hydrogen-bond acceptors (Lipinski definition) is 2. The molecule has 0 saturated carbocycles. The lowest BCUT2D eigenvalue weighted by atomic mass is 10.00. The van der Waals surface area contributed by atoms with Crippen molar-refractivity contribution in [1.29, 1.82) is 0 Å². The maximum Gasteiger partial charge on any atom is 0.0333 e. The molecule has 0 aliphatic heterocycles. The molecular weight excluding hydrogens is 353 g/mol. The van der Waals surface area contributed by atoms with Gasteiger partial charge in [0, 0.05) is 9.61 Å². The summed E-state index contributed by atoms with van der Waals surface area (Å²) in [6.45, 7) is 3.19. The number of nitrogens with one attached hydrogen (secondary N) is 1. The first-order valence-electron chi connectivity index (χ1n) is 6.30. The first-order valence-corrected chi connectivity index (χ1v) is 8.32. The van der Waals surface area contributed by atoms with Crippen molar-refractivity contribution in [2.45, 2.75) is 25.8 Å². The van der Waals surface area contributed by atoms with Gasteiger partial charge in [-0.15, -0.1) is 0 Å². The van der Waals surface area contributed by atoms with E-state index < -0.39 is 0 Å². The monoisotopic (exact) mass is 371 g/mol. The van der Waals surface area contributed by atoms with E-state index in [0.717, 1.165) is 19.4 Å². The summed E-state index contributed by atoms with van der Waals surface area (Å²) in [5.74, 6) is 0. The fourth-order valence-electron chi connectivity index (χ4n) is 2.12. The third kappa shape index (κ3) is 3.80. The van der Waals surface area contributed by atoms with E-state index in [1.54, 1.807) is 11.3 Å². The highest BCUT2D eigenvalue weighted by molar-refractivity contribution is 14.1. The molecule has 0 fully saturated rings. The molecule has 1 atom stereocenters. The summed E-state index contributed by atoms with van der Waals surface area (Å²) >= 11 is 4.21. The molecule has 1 aromatic heterocycles. The number of halogens is 1. The number of aryl methyl sites for hydroxylation is 1. The highest BCUT2D eigenvalue weighted by Crippen LogP contribution is 2.24. The Morgan fingerprint density at radius 2 is 2.11 bits per heavy atom. The lowest BCUT2D eigenvalue weighted by Crippen LogP contribution is -2.22. The molecule has 0 spiro atoms. The zero-order valence-corrected chi connectivity index (χ0v) is 13.5. The van der Waals surface area contributed by atoms with Crippen LogP contribution in [0.25, 0.3) is 0 Å². The van der Waals surface area contributed by atoms with Crippen molar-refractivity contribution in [2.75, 3.05) is 6.54 Å². The molecule has 96 valence electrons. The fraction of sp³-hybridized carbons (Fsp3) is 0.333. The highest BCUT2D eigenvalue weighted by atomic mass is 127. The Hall–Kier alpha value is -0.390. The third-order valence-electron chi connectivity index (χ3n) is 3.03. The first-order chi connectivity index (χ1) is 8.81. The van der Waals surface area contributed by atoms with Gasteiger partial charge < -0.3 is 5.32 Å². The molecule has 1 unspecified atom stereocenters. The second kappa shape index (κ2) is 7.26. The van der Waals surface area contributed by atoms with E-state index in [1.165, 1.54) is 14.7 Å². The number of hydrogen-bond donors (Lipinski definition) is 1. The van der Waals surface area contributed by atoms with Gasteiger partial charge in [0.2, 0.25) is 0 Å². The third-order valence-corrected chi connectivity index (χ3v) is 4.75. The van der Waals surface area contributed by atoms with Crippen molar-refractivity contribution in [2.24, 2.45) is 0 Å². The van der Waals surface area contributed by atoms with Crippen LogP contribution in [0.15, 0.2) is 41.1 Å². The van der Waals surface area contributed by atoms with Gasteiger partial charge in [-0.05, 0) is 76.0 Å². The summed E-state index contributed by atoms with van der Waals surface area (Å²) < 4.78 is 1.35. The maximum atomic E-state index is 3.60. The van der Waals surface area contributed by atoms with Gasteiger partial charge in [-0.3, -0.25) is 0 Å². The van der Waals surface area contributed by atoms with Crippen LogP contribution in [0.2, 0.25) is 0 Å². The zero-order chi connectivity index (χ0) is 12.8. The van der Waals surface area contributed by atoms with Crippen LogP contribution in [0.4, 0.5) is 0 Å². The van der Waals surface area contributed by atoms with Crippen molar-refractivity contribution in [3.63, 3.8) is 0 Å². The first kappa shape index (κ1) is 14.0. The van der Waals surface area contributed by atoms with Crippen LogP contribution in [0.3, 0.4) is 0 Å². The van der Waals surface area contributed by atoms with E-state index in [4.69, 9.17) is 0 Å². The summed E-state index contributed by atoms with van der Waals surface area (Å²) in [6, 6.07) is 11.3. The van der Waals surface area contributed by atoms with Crippen LogP contribution in [-0.4, -0.2) is 6.54 Å². The predicted octanol–water partition coefficient (Wildman–Crippen LogP) is 4.64. The molecule has 2 rings (SSSR count). The Kier molecular flexibility index (Phi) is 5.66. The van der Waals surface area contributed by atoms with Crippen LogP contribution >= 0.6 is 33.9 Å².